The van der Waals surface area contributed by atoms with Gasteiger partial charge in [-0.2, -0.15) is 0 Å². The van der Waals surface area contributed by atoms with Crippen LogP contribution in [0.15, 0.2) is 11.6 Å². The molecule has 13 aliphatic carbocycles. The molecule has 328 valence electrons. The lowest BCUT2D eigenvalue weighted by Crippen LogP contribution is -2.47. The Morgan fingerprint density at radius 3 is 1.31 bits per heavy atom. The zero-order chi connectivity index (χ0) is 38.6. The highest BCUT2D eigenvalue weighted by Gasteiger charge is 2.63. The third-order valence-corrected chi connectivity index (χ3v) is 25.1. The lowest BCUT2D eigenvalue weighted by molar-refractivity contribution is -0.0392. The predicted molar refractivity (Wildman–Crippen MR) is 245 cm³/mol. The highest BCUT2D eigenvalue weighted by atomic mass is 14.7. The molecule has 12 fully saturated rings. The van der Waals surface area contributed by atoms with Crippen LogP contribution in [0.25, 0.3) is 0 Å². The van der Waals surface area contributed by atoms with Gasteiger partial charge in [-0.1, -0.05) is 102 Å². The monoisotopic (exact) mass is 801 g/mol. The maximum Gasteiger partial charge on any atom is -0.0167 e. The number of allylic oxidation sites excluding steroid dienone is 2. The van der Waals surface area contributed by atoms with E-state index < -0.39 is 0 Å². The van der Waals surface area contributed by atoms with E-state index in [2.05, 4.69) is 11.6 Å². The molecule has 0 aliphatic heterocycles. The minimum atomic E-state index is 0.983. The molecule has 0 nitrogen and oxygen atoms in total. The van der Waals surface area contributed by atoms with Gasteiger partial charge in [0.15, 0.2) is 0 Å². The summed E-state index contributed by atoms with van der Waals surface area (Å²) in [7, 11) is 0. The van der Waals surface area contributed by atoms with Gasteiger partial charge in [0.1, 0.15) is 0 Å². The first-order chi connectivity index (χ1) is 29.3. The first kappa shape index (κ1) is 39.1. The van der Waals surface area contributed by atoms with E-state index in [0.29, 0.717) is 0 Å². The minimum Gasteiger partial charge on any atom is -0.0850 e. The van der Waals surface area contributed by atoms with Crippen LogP contribution in [0.5, 0.6) is 0 Å². The van der Waals surface area contributed by atoms with Crippen molar-refractivity contribution in [2.24, 2.45) is 136 Å². The molecule has 0 aromatic heterocycles. The van der Waals surface area contributed by atoms with Crippen molar-refractivity contribution < 1.29 is 0 Å². The lowest BCUT2D eigenvalue weighted by Gasteiger charge is -2.53. The third kappa shape index (κ3) is 6.53. The van der Waals surface area contributed by atoms with Crippen LogP contribution >= 0.6 is 0 Å². The van der Waals surface area contributed by atoms with E-state index in [0.717, 1.165) is 136 Å². The first-order valence-corrected chi connectivity index (χ1v) is 29.0. The Balaban J connectivity index is 0.941. The van der Waals surface area contributed by atoms with E-state index in [1.165, 1.54) is 12.8 Å². The SMILES string of the molecule is C1=C2CC(CCC1)C1CC3C4CCCCC(C4)C4CCCCC4C4CCCCC4C3C1C1CCCC1C1C2CC2CC1C1CCCC1C1CCCCC1C1CCCCC21. The molecule has 0 heterocycles. The summed E-state index contributed by atoms with van der Waals surface area (Å²) < 4.78 is 0. The first-order valence-electron chi connectivity index (χ1n) is 29.0. The van der Waals surface area contributed by atoms with Gasteiger partial charge < -0.3 is 0 Å². The molecule has 13 aliphatic rings. The number of hydrogen-bond donors (Lipinski definition) is 0. The van der Waals surface area contributed by atoms with Crippen molar-refractivity contribution in [2.45, 2.75) is 218 Å². The van der Waals surface area contributed by atoms with Crippen LogP contribution < -0.4 is 0 Å². The molecular weight excluding hydrogens is 709 g/mol. The van der Waals surface area contributed by atoms with Crippen molar-refractivity contribution in [1.82, 2.24) is 0 Å². The molecule has 13 rings (SSSR count). The van der Waals surface area contributed by atoms with Gasteiger partial charge in [-0.25, -0.2) is 0 Å². The zero-order valence-electron chi connectivity index (χ0n) is 38.4. The molecule has 59 heavy (non-hydrogen) atoms. The van der Waals surface area contributed by atoms with Gasteiger partial charge in [-0.3, -0.25) is 0 Å². The van der Waals surface area contributed by atoms with Gasteiger partial charge in [-0.15, -0.1) is 0 Å². The molecule has 0 N–H and O–H groups in total. The zero-order valence-corrected chi connectivity index (χ0v) is 38.4. The van der Waals surface area contributed by atoms with Crippen LogP contribution in [0, 0.1) is 136 Å². The van der Waals surface area contributed by atoms with Crippen LogP contribution in [0.2, 0.25) is 0 Å². The van der Waals surface area contributed by atoms with Crippen molar-refractivity contribution in [3.8, 4) is 0 Å². The van der Waals surface area contributed by atoms with Gasteiger partial charge in [0.05, 0.1) is 0 Å². The van der Waals surface area contributed by atoms with Crippen LogP contribution in [0.1, 0.15) is 218 Å². The maximum absolute atomic E-state index is 3.05. The smallest absolute Gasteiger partial charge is 0.0167 e. The summed E-state index contributed by atoms with van der Waals surface area (Å²) in [6.45, 7) is 0. The average molecular weight is 801 g/mol. The topological polar surface area (TPSA) is 0 Å². The van der Waals surface area contributed by atoms with Crippen molar-refractivity contribution in [3.63, 3.8) is 0 Å². The van der Waals surface area contributed by atoms with Crippen molar-refractivity contribution in [2.75, 3.05) is 0 Å². The molecule has 0 spiro atoms. The largest absolute Gasteiger partial charge is 0.0850 e. The Morgan fingerprint density at radius 2 is 0.661 bits per heavy atom. The molecule has 0 aromatic rings. The predicted octanol–water partition coefficient (Wildman–Crippen LogP) is 16.5. The van der Waals surface area contributed by atoms with Crippen molar-refractivity contribution in [3.05, 3.63) is 11.6 Å². The Morgan fingerprint density at radius 1 is 0.254 bits per heavy atom. The molecule has 0 heteroatoms. The lowest BCUT2D eigenvalue weighted by atomic mass is 9.51. The summed E-state index contributed by atoms with van der Waals surface area (Å²) in [5.41, 5.74) is 2.15. The molecule has 6 bridgehead atoms. The van der Waals surface area contributed by atoms with Gasteiger partial charge in [0.25, 0.3) is 0 Å². The Labute approximate surface area is 364 Å². The van der Waals surface area contributed by atoms with Gasteiger partial charge in [0, 0.05) is 0 Å². The van der Waals surface area contributed by atoms with E-state index >= 15 is 0 Å². The van der Waals surface area contributed by atoms with E-state index in [9.17, 15) is 0 Å². The molecular formula is C59H92. The van der Waals surface area contributed by atoms with Crippen molar-refractivity contribution in [1.29, 1.82) is 0 Å². The molecule has 23 unspecified atom stereocenters. The van der Waals surface area contributed by atoms with Gasteiger partial charge in [-0.05, 0) is 265 Å². The average Bonchev–Trinajstić information content (AvgIpc) is 3.97. The molecule has 23 atom stereocenters. The Hall–Kier alpha value is -0.260. The molecule has 12 saturated carbocycles. The standard InChI is InChI=1S/C59H92/c1-2-17-38-31-36(15-1)41-19-5-7-21-43(41)48-25-11-12-26-50(48)58-54(38)35-55-39-18-4-3-16-37(32-39)53-33-40-34-56(57(53)51-29-14-30-52(51)59(55)58)49-28-13-27-47(49)46-24-10-9-23-45(46)44-22-8-6-20-42(40)44/h16,36,38-59H,1-15,17-35H2. The molecule has 0 aromatic carbocycles. The van der Waals surface area contributed by atoms with E-state index in [-0.39, 0.29) is 0 Å². The fourth-order valence-electron chi connectivity index (χ4n) is 23.8. The Bertz CT molecular complexity index is 1500. The highest BCUT2D eigenvalue weighted by molar-refractivity contribution is 5.20. The second-order valence-electron chi connectivity index (χ2n) is 26.5. The van der Waals surface area contributed by atoms with E-state index in [1.54, 1.807) is 205 Å². The summed E-state index contributed by atoms with van der Waals surface area (Å²) in [6.07, 6.45) is 58.0. The maximum atomic E-state index is 3.05. The van der Waals surface area contributed by atoms with E-state index in [4.69, 9.17) is 0 Å². The summed E-state index contributed by atoms with van der Waals surface area (Å²) >= 11 is 0. The Kier molecular flexibility index (Phi) is 10.8. The number of hydrogen-bond acceptors (Lipinski definition) is 0. The number of fused-ring (bicyclic) bond motifs is 29. The van der Waals surface area contributed by atoms with Crippen LogP contribution in [0.3, 0.4) is 0 Å². The fraction of sp³-hybridized carbons (Fsp3) is 0.966. The second kappa shape index (κ2) is 16.3. The quantitative estimate of drug-likeness (QED) is 0.214. The molecule has 0 radical (unpaired) electrons. The summed E-state index contributed by atoms with van der Waals surface area (Å²) in [5.74, 6) is 25.2. The van der Waals surface area contributed by atoms with Gasteiger partial charge >= 0.3 is 0 Å². The summed E-state index contributed by atoms with van der Waals surface area (Å²) in [6, 6.07) is 0. The second-order valence-corrected chi connectivity index (χ2v) is 26.5. The highest BCUT2D eigenvalue weighted by Crippen LogP contribution is 2.70. The van der Waals surface area contributed by atoms with E-state index in [1.807, 2.05) is 0 Å². The minimum absolute atomic E-state index is 0.983. The van der Waals surface area contributed by atoms with Crippen LogP contribution in [-0.4, -0.2) is 0 Å². The molecule has 0 saturated heterocycles. The molecule has 0 amide bonds. The van der Waals surface area contributed by atoms with Crippen molar-refractivity contribution >= 4 is 0 Å². The third-order valence-electron chi connectivity index (χ3n) is 25.1. The fourth-order valence-corrected chi connectivity index (χ4v) is 23.8. The van der Waals surface area contributed by atoms with Gasteiger partial charge in [0.2, 0.25) is 0 Å². The summed E-state index contributed by atoms with van der Waals surface area (Å²) in [4.78, 5) is 0. The summed E-state index contributed by atoms with van der Waals surface area (Å²) in [5, 5.41) is 0. The number of rotatable bonds is 0. The van der Waals surface area contributed by atoms with Crippen LogP contribution in [-0.2, 0) is 0 Å². The normalized spacial score (nSPS) is 56.8. The van der Waals surface area contributed by atoms with Crippen LogP contribution in [0.4, 0.5) is 0 Å².